The Hall–Kier alpha value is -3.64. The Balaban J connectivity index is 1.42. The zero-order valence-electron chi connectivity index (χ0n) is 26.2. The van der Waals surface area contributed by atoms with Gasteiger partial charge in [0.05, 0.1) is 6.61 Å². The van der Waals surface area contributed by atoms with Gasteiger partial charge in [0, 0.05) is 43.7 Å². The molecule has 2 aromatic rings. The first-order valence-electron chi connectivity index (χ1n) is 15.5. The van der Waals surface area contributed by atoms with Gasteiger partial charge in [-0.1, -0.05) is 38.0 Å². The highest BCUT2D eigenvalue weighted by molar-refractivity contribution is 7.83. The summed E-state index contributed by atoms with van der Waals surface area (Å²) in [7, 11) is -4.82. The Morgan fingerprint density at radius 1 is 0.936 bits per heavy atom. The van der Waals surface area contributed by atoms with Gasteiger partial charge in [0.2, 0.25) is 18.1 Å². The van der Waals surface area contributed by atoms with E-state index in [2.05, 4.69) is 10.6 Å². The SMILES string of the molecule is CCC(=O)N(CCCCCCNC(=O)c1ccccc1)CCC(=O)Nc1ccc(OC2OC(CO)C(O)C(O)C2NS(=O)(=O)O)cc1. The number of carbonyl (C=O) groups excluding carboxylic acids is 3. The van der Waals surface area contributed by atoms with Crippen LogP contribution in [0.15, 0.2) is 54.6 Å². The number of nitrogens with zero attached hydrogens (tertiary/aromatic N) is 1. The second kappa shape index (κ2) is 18.6. The van der Waals surface area contributed by atoms with Crippen molar-refractivity contribution in [1.29, 1.82) is 0 Å². The molecule has 7 N–H and O–H groups in total. The van der Waals surface area contributed by atoms with Crippen LogP contribution in [0.2, 0.25) is 0 Å². The van der Waals surface area contributed by atoms with Gasteiger partial charge in [0.25, 0.3) is 5.91 Å². The number of unbranched alkanes of at least 4 members (excludes halogenated alkanes) is 3. The molecule has 0 aliphatic carbocycles. The quantitative estimate of drug-likeness (QED) is 0.0862. The number of nitrogens with one attached hydrogen (secondary N) is 3. The van der Waals surface area contributed by atoms with Crippen LogP contribution in [-0.2, 0) is 24.6 Å². The first-order valence-corrected chi connectivity index (χ1v) is 16.9. The average molecular weight is 681 g/mol. The van der Waals surface area contributed by atoms with Crippen LogP contribution in [-0.4, -0.2) is 108 Å². The van der Waals surface area contributed by atoms with E-state index >= 15 is 0 Å². The highest BCUT2D eigenvalue weighted by atomic mass is 32.2. The number of anilines is 1. The zero-order chi connectivity index (χ0) is 34.4. The molecule has 5 unspecified atom stereocenters. The Kier molecular flexibility index (Phi) is 15.0. The highest BCUT2D eigenvalue weighted by Crippen LogP contribution is 2.26. The highest BCUT2D eigenvalue weighted by Gasteiger charge is 2.47. The second-order valence-electron chi connectivity index (χ2n) is 11.0. The minimum Gasteiger partial charge on any atom is -0.463 e. The Labute approximate surface area is 274 Å². The van der Waals surface area contributed by atoms with E-state index in [-0.39, 0.29) is 36.4 Å². The molecule has 0 radical (unpaired) electrons. The van der Waals surface area contributed by atoms with Crippen LogP contribution in [0.3, 0.4) is 0 Å². The van der Waals surface area contributed by atoms with Crippen molar-refractivity contribution in [3.63, 3.8) is 0 Å². The van der Waals surface area contributed by atoms with Crippen molar-refractivity contribution in [3.05, 3.63) is 60.2 Å². The zero-order valence-corrected chi connectivity index (χ0v) is 27.0. The summed E-state index contributed by atoms with van der Waals surface area (Å²) in [4.78, 5) is 38.9. The molecule has 1 aliphatic rings. The minimum atomic E-state index is -4.82. The summed E-state index contributed by atoms with van der Waals surface area (Å²) in [6, 6.07) is 13.3. The monoisotopic (exact) mass is 680 g/mol. The van der Waals surface area contributed by atoms with Gasteiger partial charge in [-0.25, -0.2) is 0 Å². The molecule has 0 bridgehead atoms. The summed E-state index contributed by atoms with van der Waals surface area (Å²) in [5.74, 6) is -0.348. The molecule has 1 fully saturated rings. The number of ether oxygens (including phenoxy) is 2. The fourth-order valence-electron chi connectivity index (χ4n) is 4.95. The van der Waals surface area contributed by atoms with Gasteiger partial charge in [0.15, 0.2) is 0 Å². The molecule has 15 nitrogen and oxygen atoms in total. The van der Waals surface area contributed by atoms with E-state index in [1.165, 1.54) is 24.3 Å². The van der Waals surface area contributed by atoms with Crippen LogP contribution in [0.25, 0.3) is 0 Å². The van der Waals surface area contributed by atoms with E-state index < -0.39 is 47.6 Å². The summed E-state index contributed by atoms with van der Waals surface area (Å²) in [6.45, 7) is 2.40. The van der Waals surface area contributed by atoms with Crippen molar-refractivity contribution in [2.24, 2.45) is 0 Å². The molecule has 2 aromatic carbocycles. The van der Waals surface area contributed by atoms with Crippen molar-refractivity contribution < 1.29 is 52.1 Å². The van der Waals surface area contributed by atoms with Crippen LogP contribution in [0.5, 0.6) is 5.75 Å². The van der Waals surface area contributed by atoms with Gasteiger partial charge in [-0.15, -0.1) is 0 Å². The molecule has 47 heavy (non-hydrogen) atoms. The van der Waals surface area contributed by atoms with Gasteiger partial charge in [0.1, 0.15) is 30.1 Å². The number of benzene rings is 2. The van der Waals surface area contributed by atoms with E-state index in [0.29, 0.717) is 30.8 Å². The van der Waals surface area contributed by atoms with Crippen molar-refractivity contribution >= 4 is 33.7 Å². The van der Waals surface area contributed by atoms with E-state index in [9.17, 15) is 42.7 Å². The van der Waals surface area contributed by atoms with Crippen molar-refractivity contribution in [1.82, 2.24) is 14.9 Å². The van der Waals surface area contributed by atoms with E-state index in [1.807, 2.05) is 18.2 Å². The van der Waals surface area contributed by atoms with Crippen LogP contribution < -0.4 is 20.1 Å². The lowest BCUT2D eigenvalue weighted by atomic mass is 9.98. The predicted molar refractivity (Wildman–Crippen MR) is 171 cm³/mol. The van der Waals surface area contributed by atoms with E-state index in [1.54, 1.807) is 28.7 Å². The van der Waals surface area contributed by atoms with Crippen LogP contribution in [0, 0.1) is 0 Å². The number of aliphatic hydroxyl groups is 3. The number of amides is 3. The molecular formula is C31H44N4O11S. The molecule has 0 aromatic heterocycles. The third-order valence-corrected chi connectivity index (χ3v) is 8.07. The largest absolute Gasteiger partial charge is 0.463 e. The maximum Gasteiger partial charge on any atom is 0.333 e. The van der Waals surface area contributed by atoms with Gasteiger partial charge >= 0.3 is 10.3 Å². The molecular weight excluding hydrogens is 636 g/mol. The minimum absolute atomic E-state index is 0.0535. The number of aliphatic hydroxyl groups excluding tert-OH is 3. The molecule has 1 saturated heterocycles. The summed E-state index contributed by atoms with van der Waals surface area (Å²) < 4.78 is 44.7. The fraction of sp³-hybridized carbons (Fsp3) is 0.516. The molecule has 3 amide bonds. The number of rotatable bonds is 18. The Morgan fingerprint density at radius 2 is 1.62 bits per heavy atom. The fourth-order valence-corrected chi connectivity index (χ4v) is 5.55. The lowest BCUT2D eigenvalue weighted by Crippen LogP contribution is -2.65. The van der Waals surface area contributed by atoms with E-state index in [4.69, 9.17) is 9.47 Å². The first-order chi connectivity index (χ1) is 22.4. The Bertz CT molecular complexity index is 1400. The molecule has 1 heterocycles. The van der Waals surface area contributed by atoms with Crippen LogP contribution in [0.4, 0.5) is 5.69 Å². The van der Waals surface area contributed by atoms with Crippen molar-refractivity contribution in [2.75, 3.05) is 31.6 Å². The van der Waals surface area contributed by atoms with Gasteiger partial charge in [-0.2, -0.15) is 13.1 Å². The summed E-state index contributed by atoms with van der Waals surface area (Å²) in [5.41, 5.74) is 1.03. The van der Waals surface area contributed by atoms with Crippen molar-refractivity contribution in [3.8, 4) is 5.75 Å². The number of hydrogen-bond donors (Lipinski definition) is 7. The molecule has 16 heteroatoms. The average Bonchev–Trinajstić information content (AvgIpc) is 3.05. The van der Waals surface area contributed by atoms with Crippen LogP contribution in [0.1, 0.15) is 55.8 Å². The van der Waals surface area contributed by atoms with Crippen molar-refractivity contribution in [2.45, 2.75) is 76.1 Å². The summed E-state index contributed by atoms with van der Waals surface area (Å²) in [5, 5.41) is 35.5. The Morgan fingerprint density at radius 3 is 2.26 bits per heavy atom. The third-order valence-electron chi connectivity index (χ3n) is 7.50. The maximum atomic E-state index is 12.6. The predicted octanol–water partition coefficient (Wildman–Crippen LogP) is 0.823. The molecule has 3 rings (SSSR count). The van der Waals surface area contributed by atoms with Crippen LogP contribution >= 0.6 is 0 Å². The smallest absolute Gasteiger partial charge is 0.333 e. The normalized spacial score (nSPS) is 21.1. The summed E-state index contributed by atoms with van der Waals surface area (Å²) in [6.07, 6.45) is -2.53. The lowest BCUT2D eigenvalue weighted by molar-refractivity contribution is -0.242. The first kappa shape index (κ1) is 37.8. The van der Waals surface area contributed by atoms with Gasteiger partial charge in [-0.05, 0) is 49.2 Å². The standard InChI is InChI=1S/C31H44N4O11S/c1-2-26(38)35(18-9-4-3-8-17-32-30(41)21-10-6-5-7-11-21)19-16-25(37)33-22-12-14-23(15-13-22)45-31-27(34-47(42,43)44)29(40)28(39)24(20-36)46-31/h5-7,10-15,24,27-29,31,34,36,39-40H,2-4,8-9,16-20H2,1H3,(H,32,41)(H,33,37)(H,42,43,44). The number of hydrogen-bond acceptors (Lipinski definition) is 10. The topological polar surface area (TPSA) is 224 Å². The number of carbonyl (C=O) groups is 3. The molecule has 0 spiro atoms. The molecule has 5 atom stereocenters. The second-order valence-corrected chi connectivity index (χ2v) is 12.2. The molecule has 1 aliphatic heterocycles. The molecule has 0 saturated carbocycles. The van der Waals surface area contributed by atoms with Gasteiger partial charge in [-0.3, -0.25) is 18.9 Å². The lowest BCUT2D eigenvalue weighted by Gasteiger charge is -2.41. The maximum absolute atomic E-state index is 12.6. The third kappa shape index (κ3) is 12.5. The molecule has 260 valence electrons. The van der Waals surface area contributed by atoms with Gasteiger partial charge < -0.3 is 40.3 Å². The van der Waals surface area contributed by atoms with E-state index in [0.717, 1.165) is 25.7 Å². The summed E-state index contributed by atoms with van der Waals surface area (Å²) >= 11 is 0.